The number of allylic oxidation sites excluding steroid dienone is 4. The first-order chi connectivity index (χ1) is 11.7. The molecule has 1 heteroatoms. The van der Waals surface area contributed by atoms with Crippen molar-refractivity contribution in [1.29, 1.82) is 0 Å². The van der Waals surface area contributed by atoms with E-state index in [1.54, 1.807) is 0 Å². The van der Waals surface area contributed by atoms with Crippen LogP contribution in [0.25, 0.3) is 0 Å². The summed E-state index contributed by atoms with van der Waals surface area (Å²) in [6, 6.07) is 1.84. The predicted molar refractivity (Wildman–Crippen MR) is 105 cm³/mol. The maximum Gasteiger partial charge on any atom is 0.0101 e. The molecule has 0 aromatic rings. The van der Waals surface area contributed by atoms with Gasteiger partial charge >= 0.3 is 0 Å². The monoisotopic (exact) mass is 329 g/mol. The highest BCUT2D eigenvalue weighted by atomic mass is 15.2. The van der Waals surface area contributed by atoms with Crippen molar-refractivity contribution in [3.63, 3.8) is 0 Å². The van der Waals surface area contributed by atoms with Crippen molar-refractivity contribution in [2.75, 3.05) is 6.54 Å². The van der Waals surface area contributed by atoms with Gasteiger partial charge in [0.25, 0.3) is 0 Å². The molecular weight excluding hydrogens is 290 g/mol. The van der Waals surface area contributed by atoms with Crippen molar-refractivity contribution in [2.45, 2.75) is 97.1 Å². The quantitative estimate of drug-likeness (QED) is 0.468. The third-order valence-corrected chi connectivity index (χ3v) is 6.74. The molecule has 1 aliphatic carbocycles. The van der Waals surface area contributed by atoms with Gasteiger partial charge in [-0.05, 0) is 63.2 Å². The average Bonchev–Trinajstić information content (AvgIpc) is 2.78. The van der Waals surface area contributed by atoms with E-state index in [9.17, 15) is 0 Å². The fourth-order valence-corrected chi connectivity index (χ4v) is 5.64. The van der Waals surface area contributed by atoms with Gasteiger partial charge in [0.05, 0.1) is 0 Å². The summed E-state index contributed by atoms with van der Waals surface area (Å²) in [5, 5.41) is 0. The van der Waals surface area contributed by atoms with Crippen molar-refractivity contribution < 1.29 is 0 Å². The molecule has 0 amide bonds. The molecular formula is C23H39N. The first kappa shape index (κ1) is 18.2. The molecule has 2 bridgehead atoms. The van der Waals surface area contributed by atoms with E-state index in [-0.39, 0.29) is 0 Å². The summed E-state index contributed by atoms with van der Waals surface area (Å²) in [6.45, 7) is 8.42. The molecule has 4 atom stereocenters. The maximum atomic E-state index is 2.93. The van der Waals surface area contributed by atoms with Gasteiger partial charge in [0.15, 0.2) is 0 Å². The van der Waals surface area contributed by atoms with E-state index in [4.69, 9.17) is 0 Å². The van der Waals surface area contributed by atoms with Crippen LogP contribution in [0.4, 0.5) is 0 Å². The third kappa shape index (κ3) is 4.75. The van der Waals surface area contributed by atoms with Crippen LogP contribution in [0.15, 0.2) is 23.8 Å². The zero-order valence-corrected chi connectivity index (χ0v) is 16.3. The fraction of sp³-hybridized carbons (Fsp3) is 0.826. The SMILES string of the molecule is CCCCCC1CC2CCC(C1)N2CC(C)C[C@@H]1C=C(C)C=CC1. The van der Waals surface area contributed by atoms with Crippen LogP contribution in [0.3, 0.4) is 0 Å². The number of nitrogens with zero attached hydrogens (tertiary/aromatic N) is 1. The molecule has 24 heavy (non-hydrogen) atoms. The lowest BCUT2D eigenvalue weighted by molar-refractivity contribution is 0.0814. The number of hydrogen-bond donors (Lipinski definition) is 0. The first-order valence-electron chi connectivity index (χ1n) is 10.8. The first-order valence-corrected chi connectivity index (χ1v) is 10.8. The summed E-state index contributed by atoms with van der Waals surface area (Å²) in [5.74, 6) is 2.66. The van der Waals surface area contributed by atoms with Crippen LogP contribution in [-0.2, 0) is 0 Å². The molecule has 2 aliphatic heterocycles. The highest BCUT2D eigenvalue weighted by Crippen LogP contribution is 2.41. The second-order valence-corrected chi connectivity index (χ2v) is 9.06. The standard InChI is InChI=1S/C23H39N/c1-4-5-6-9-21-15-22-11-12-23(16-21)24(22)17-19(3)14-20-10-7-8-18(2)13-20/h7-8,13,19-23H,4-6,9-12,14-17H2,1-3H3/t19?,20-,21?,22?,23?/m0/s1. The Hall–Kier alpha value is -0.560. The van der Waals surface area contributed by atoms with Crippen LogP contribution in [0.2, 0.25) is 0 Å². The Morgan fingerprint density at radius 3 is 2.58 bits per heavy atom. The van der Waals surface area contributed by atoms with Gasteiger partial charge in [-0.3, -0.25) is 4.90 Å². The lowest BCUT2D eigenvalue weighted by Gasteiger charge is -2.40. The van der Waals surface area contributed by atoms with E-state index in [0.29, 0.717) is 0 Å². The van der Waals surface area contributed by atoms with Gasteiger partial charge < -0.3 is 0 Å². The molecule has 0 radical (unpaired) electrons. The second-order valence-electron chi connectivity index (χ2n) is 9.06. The van der Waals surface area contributed by atoms with E-state index in [1.165, 1.54) is 76.3 Å². The average molecular weight is 330 g/mol. The molecule has 3 rings (SSSR count). The van der Waals surface area contributed by atoms with Crippen molar-refractivity contribution in [3.05, 3.63) is 23.8 Å². The van der Waals surface area contributed by atoms with Crippen LogP contribution in [0, 0.1) is 17.8 Å². The Labute approximate surface area is 150 Å². The lowest BCUT2D eigenvalue weighted by Crippen LogP contribution is -2.45. The highest BCUT2D eigenvalue weighted by molar-refractivity contribution is 5.21. The normalized spacial score (nSPS) is 34.4. The number of rotatable bonds is 8. The van der Waals surface area contributed by atoms with Gasteiger partial charge in [0, 0.05) is 18.6 Å². The van der Waals surface area contributed by atoms with E-state index in [1.807, 2.05) is 0 Å². The minimum Gasteiger partial charge on any atom is -0.297 e. The predicted octanol–water partition coefficient (Wildman–Crippen LogP) is 6.36. The molecule has 2 saturated heterocycles. The molecule has 3 aliphatic rings. The Balaban J connectivity index is 1.45. The number of piperidine rings is 1. The molecule has 0 spiro atoms. The highest BCUT2D eigenvalue weighted by Gasteiger charge is 2.40. The van der Waals surface area contributed by atoms with Crippen molar-refractivity contribution in [3.8, 4) is 0 Å². The largest absolute Gasteiger partial charge is 0.297 e. The topological polar surface area (TPSA) is 3.24 Å². The molecule has 2 fully saturated rings. The van der Waals surface area contributed by atoms with Crippen LogP contribution < -0.4 is 0 Å². The minimum absolute atomic E-state index is 0.786. The Bertz CT molecular complexity index is 435. The number of fused-ring (bicyclic) bond motifs is 2. The van der Waals surface area contributed by atoms with Crippen LogP contribution in [0.5, 0.6) is 0 Å². The van der Waals surface area contributed by atoms with E-state index >= 15 is 0 Å². The summed E-state index contributed by atoms with van der Waals surface area (Å²) >= 11 is 0. The van der Waals surface area contributed by atoms with Gasteiger partial charge in [-0.2, -0.15) is 0 Å². The van der Waals surface area contributed by atoms with Gasteiger partial charge in [-0.25, -0.2) is 0 Å². The molecule has 3 unspecified atom stereocenters. The van der Waals surface area contributed by atoms with Gasteiger partial charge in [-0.1, -0.05) is 63.3 Å². The summed E-state index contributed by atoms with van der Waals surface area (Å²) in [5.41, 5.74) is 1.46. The summed E-state index contributed by atoms with van der Waals surface area (Å²) in [4.78, 5) is 2.93. The van der Waals surface area contributed by atoms with Crippen LogP contribution in [0.1, 0.15) is 85.0 Å². The molecule has 0 aromatic heterocycles. The van der Waals surface area contributed by atoms with Crippen molar-refractivity contribution >= 4 is 0 Å². The van der Waals surface area contributed by atoms with Gasteiger partial charge in [-0.15, -0.1) is 0 Å². The summed E-state index contributed by atoms with van der Waals surface area (Å²) in [6.07, 6.45) is 21.5. The van der Waals surface area contributed by atoms with Crippen molar-refractivity contribution in [2.24, 2.45) is 17.8 Å². The van der Waals surface area contributed by atoms with Crippen LogP contribution in [-0.4, -0.2) is 23.5 Å². The lowest BCUT2D eigenvalue weighted by atomic mass is 9.84. The Morgan fingerprint density at radius 2 is 1.92 bits per heavy atom. The molecule has 1 nitrogen and oxygen atoms in total. The minimum atomic E-state index is 0.786. The molecule has 0 N–H and O–H groups in total. The molecule has 2 heterocycles. The van der Waals surface area contributed by atoms with Crippen molar-refractivity contribution in [1.82, 2.24) is 4.90 Å². The van der Waals surface area contributed by atoms with E-state index in [2.05, 4.69) is 43.9 Å². The van der Waals surface area contributed by atoms with Gasteiger partial charge in [0.1, 0.15) is 0 Å². The van der Waals surface area contributed by atoms with E-state index < -0.39 is 0 Å². The molecule has 0 aromatic carbocycles. The Kier molecular flexibility index (Phi) is 6.61. The van der Waals surface area contributed by atoms with E-state index in [0.717, 1.165) is 29.8 Å². The molecule has 0 saturated carbocycles. The number of unbranched alkanes of at least 4 members (excludes halogenated alkanes) is 2. The zero-order chi connectivity index (χ0) is 16.9. The zero-order valence-electron chi connectivity index (χ0n) is 16.3. The number of hydrogen-bond acceptors (Lipinski definition) is 1. The fourth-order valence-electron chi connectivity index (χ4n) is 5.64. The Morgan fingerprint density at radius 1 is 1.17 bits per heavy atom. The smallest absolute Gasteiger partial charge is 0.0101 e. The second kappa shape index (κ2) is 8.70. The third-order valence-electron chi connectivity index (χ3n) is 6.74. The van der Waals surface area contributed by atoms with Gasteiger partial charge in [0.2, 0.25) is 0 Å². The van der Waals surface area contributed by atoms with Crippen LogP contribution >= 0.6 is 0 Å². The summed E-state index contributed by atoms with van der Waals surface area (Å²) < 4.78 is 0. The molecule has 136 valence electrons. The maximum absolute atomic E-state index is 2.93. The summed E-state index contributed by atoms with van der Waals surface area (Å²) in [7, 11) is 0.